The number of hydrogen-bond acceptors (Lipinski definition) is 3. The van der Waals surface area contributed by atoms with Gasteiger partial charge in [0.25, 0.3) is 0 Å². The standard InChI is InChI=1S/C14H17NO3S/c16-9-3-6-13-4-1-2-5-14(13)10-15-19(17,18)11-12-7-8-12/h1-2,4-5,12,15-16H,7-11H2. The van der Waals surface area contributed by atoms with Crippen LogP contribution in [0.3, 0.4) is 0 Å². The maximum absolute atomic E-state index is 11.8. The Morgan fingerprint density at radius 1 is 1.32 bits per heavy atom. The molecule has 2 N–H and O–H groups in total. The van der Waals surface area contributed by atoms with Crippen molar-refractivity contribution in [2.24, 2.45) is 5.92 Å². The van der Waals surface area contributed by atoms with Crippen molar-refractivity contribution in [2.45, 2.75) is 19.4 Å². The Hall–Kier alpha value is -1.35. The van der Waals surface area contributed by atoms with Crippen LogP contribution in [-0.2, 0) is 16.6 Å². The maximum Gasteiger partial charge on any atom is 0.212 e. The highest BCUT2D eigenvalue weighted by Gasteiger charge is 2.27. The molecule has 19 heavy (non-hydrogen) atoms. The summed E-state index contributed by atoms with van der Waals surface area (Å²) in [5.41, 5.74) is 1.56. The van der Waals surface area contributed by atoms with Gasteiger partial charge in [0, 0.05) is 12.1 Å². The molecule has 0 radical (unpaired) electrons. The topological polar surface area (TPSA) is 66.4 Å². The van der Waals surface area contributed by atoms with E-state index in [2.05, 4.69) is 16.6 Å². The minimum absolute atomic E-state index is 0.207. The van der Waals surface area contributed by atoms with E-state index in [-0.39, 0.29) is 18.9 Å². The molecule has 5 heteroatoms. The van der Waals surface area contributed by atoms with E-state index in [0.717, 1.165) is 24.0 Å². The third kappa shape index (κ3) is 4.67. The molecule has 1 aromatic carbocycles. The van der Waals surface area contributed by atoms with Crippen molar-refractivity contribution in [1.82, 2.24) is 4.72 Å². The van der Waals surface area contributed by atoms with Gasteiger partial charge < -0.3 is 5.11 Å². The number of rotatable bonds is 5. The first-order chi connectivity index (χ1) is 9.11. The first kappa shape index (κ1) is 14.1. The second-order valence-corrected chi connectivity index (χ2v) is 6.51. The van der Waals surface area contributed by atoms with Gasteiger partial charge in [-0.3, -0.25) is 0 Å². The molecule has 1 saturated carbocycles. The number of benzene rings is 1. The van der Waals surface area contributed by atoms with Crippen molar-refractivity contribution in [3.05, 3.63) is 35.4 Å². The minimum Gasteiger partial charge on any atom is -0.384 e. The molecule has 102 valence electrons. The van der Waals surface area contributed by atoms with Gasteiger partial charge in [0.1, 0.15) is 6.61 Å². The van der Waals surface area contributed by atoms with Crippen LogP contribution in [0.1, 0.15) is 24.0 Å². The smallest absolute Gasteiger partial charge is 0.212 e. The molecule has 0 amide bonds. The monoisotopic (exact) mass is 279 g/mol. The van der Waals surface area contributed by atoms with Gasteiger partial charge in [-0.15, -0.1) is 0 Å². The third-order valence-electron chi connectivity index (χ3n) is 2.95. The van der Waals surface area contributed by atoms with Crippen LogP contribution in [0.2, 0.25) is 0 Å². The molecular weight excluding hydrogens is 262 g/mol. The molecule has 1 aliphatic rings. The van der Waals surface area contributed by atoms with Gasteiger partial charge in [0.2, 0.25) is 10.0 Å². The fraction of sp³-hybridized carbons (Fsp3) is 0.429. The zero-order valence-corrected chi connectivity index (χ0v) is 11.4. The summed E-state index contributed by atoms with van der Waals surface area (Å²) in [5.74, 6) is 5.94. The van der Waals surface area contributed by atoms with Crippen LogP contribution >= 0.6 is 0 Å². The molecule has 0 spiro atoms. The number of aliphatic hydroxyl groups is 1. The van der Waals surface area contributed by atoms with Gasteiger partial charge in [-0.25, -0.2) is 13.1 Å². The van der Waals surface area contributed by atoms with Crippen molar-refractivity contribution in [1.29, 1.82) is 0 Å². The van der Waals surface area contributed by atoms with Crippen LogP contribution in [0.4, 0.5) is 0 Å². The Balaban J connectivity index is 2.02. The van der Waals surface area contributed by atoms with Crippen molar-refractivity contribution >= 4 is 10.0 Å². The quantitative estimate of drug-likeness (QED) is 0.786. The van der Waals surface area contributed by atoms with Gasteiger partial charge in [0.15, 0.2) is 0 Å². The van der Waals surface area contributed by atoms with E-state index in [0.29, 0.717) is 5.92 Å². The molecule has 0 heterocycles. The van der Waals surface area contributed by atoms with Crippen LogP contribution in [0.15, 0.2) is 24.3 Å². The fourth-order valence-corrected chi connectivity index (χ4v) is 3.22. The average Bonchev–Trinajstić information content (AvgIpc) is 3.18. The summed E-state index contributed by atoms with van der Waals surface area (Å²) >= 11 is 0. The van der Waals surface area contributed by atoms with Gasteiger partial charge >= 0.3 is 0 Å². The molecule has 1 aromatic rings. The number of hydrogen-bond donors (Lipinski definition) is 2. The Morgan fingerprint density at radius 3 is 2.74 bits per heavy atom. The Morgan fingerprint density at radius 2 is 2.05 bits per heavy atom. The van der Waals surface area contributed by atoms with Crippen LogP contribution in [0.5, 0.6) is 0 Å². The maximum atomic E-state index is 11.8. The van der Waals surface area contributed by atoms with E-state index in [9.17, 15) is 8.42 Å². The summed E-state index contributed by atoms with van der Waals surface area (Å²) < 4.78 is 26.2. The number of nitrogens with one attached hydrogen (secondary N) is 1. The second kappa shape index (κ2) is 6.20. The highest BCUT2D eigenvalue weighted by Crippen LogP contribution is 2.30. The summed E-state index contributed by atoms with van der Waals surface area (Å²) in [6.07, 6.45) is 2.03. The van der Waals surface area contributed by atoms with Gasteiger partial charge in [0.05, 0.1) is 5.75 Å². The molecule has 4 nitrogen and oxygen atoms in total. The molecule has 2 rings (SSSR count). The Kier molecular flexibility index (Phi) is 4.59. The molecular formula is C14H17NO3S. The highest BCUT2D eigenvalue weighted by atomic mass is 32.2. The summed E-state index contributed by atoms with van der Waals surface area (Å²) in [6.45, 7) is 0.0348. The van der Waals surface area contributed by atoms with Crippen LogP contribution < -0.4 is 4.72 Å². The first-order valence-corrected chi connectivity index (χ1v) is 7.91. The lowest BCUT2D eigenvalue weighted by Crippen LogP contribution is -2.27. The van der Waals surface area contributed by atoms with E-state index in [1.165, 1.54) is 0 Å². The largest absolute Gasteiger partial charge is 0.384 e. The highest BCUT2D eigenvalue weighted by molar-refractivity contribution is 7.89. The molecule has 0 bridgehead atoms. The molecule has 0 atom stereocenters. The van der Waals surface area contributed by atoms with Crippen molar-refractivity contribution in [2.75, 3.05) is 12.4 Å². The number of sulfonamides is 1. The lowest BCUT2D eigenvalue weighted by molar-refractivity contribution is 0.350. The Labute approximate surface area is 113 Å². The van der Waals surface area contributed by atoms with E-state index < -0.39 is 10.0 Å². The van der Waals surface area contributed by atoms with E-state index in [4.69, 9.17) is 5.11 Å². The molecule has 1 fully saturated rings. The normalized spacial score (nSPS) is 14.8. The summed E-state index contributed by atoms with van der Waals surface area (Å²) in [7, 11) is -3.20. The first-order valence-electron chi connectivity index (χ1n) is 6.26. The summed E-state index contributed by atoms with van der Waals surface area (Å²) in [6, 6.07) is 7.33. The minimum atomic E-state index is -3.20. The molecule has 0 aromatic heterocycles. The van der Waals surface area contributed by atoms with E-state index in [1.807, 2.05) is 24.3 Å². The second-order valence-electron chi connectivity index (χ2n) is 4.66. The van der Waals surface area contributed by atoms with Crippen molar-refractivity contribution < 1.29 is 13.5 Å². The predicted molar refractivity (Wildman–Crippen MR) is 73.8 cm³/mol. The third-order valence-corrected chi connectivity index (χ3v) is 4.45. The van der Waals surface area contributed by atoms with Gasteiger partial charge in [-0.2, -0.15) is 0 Å². The lowest BCUT2D eigenvalue weighted by Gasteiger charge is -2.07. The molecule has 0 unspecified atom stereocenters. The molecule has 0 saturated heterocycles. The number of aliphatic hydroxyl groups excluding tert-OH is 1. The van der Waals surface area contributed by atoms with Crippen molar-refractivity contribution in [3.63, 3.8) is 0 Å². The SMILES string of the molecule is O=S(=O)(CC1CC1)NCc1ccccc1C#CCO. The zero-order valence-electron chi connectivity index (χ0n) is 10.6. The summed E-state index contributed by atoms with van der Waals surface area (Å²) in [5, 5.41) is 8.70. The van der Waals surface area contributed by atoms with Gasteiger partial charge in [-0.05, 0) is 30.4 Å². The molecule has 1 aliphatic carbocycles. The lowest BCUT2D eigenvalue weighted by atomic mass is 10.1. The van der Waals surface area contributed by atoms with Crippen LogP contribution in [0.25, 0.3) is 0 Å². The zero-order chi connectivity index (χ0) is 13.7. The van der Waals surface area contributed by atoms with E-state index in [1.54, 1.807) is 0 Å². The van der Waals surface area contributed by atoms with Crippen molar-refractivity contribution in [3.8, 4) is 11.8 Å². The molecule has 0 aliphatic heterocycles. The fourth-order valence-electron chi connectivity index (χ4n) is 1.77. The Bertz CT molecular complexity index is 595. The van der Waals surface area contributed by atoms with E-state index >= 15 is 0 Å². The van der Waals surface area contributed by atoms with Gasteiger partial charge in [-0.1, -0.05) is 30.0 Å². The average molecular weight is 279 g/mol. The van der Waals surface area contributed by atoms with Crippen LogP contribution in [-0.4, -0.2) is 25.9 Å². The predicted octanol–water partition coefficient (Wildman–Crippen LogP) is 0.860. The van der Waals surface area contributed by atoms with Crippen LogP contribution in [0, 0.1) is 17.8 Å². The summed E-state index contributed by atoms with van der Waals surface area (Å²) in [4.78, 5) is 0.